The van der Waals surface area contributed by atoms with Crippen LogP contribution in [0, 0.1) is 0 Å². The van der Waals surface area contributed by atoms with Gasteiger partial charge in [-0.1, -0.05) is 35.3 Å². The molecule has 1 aliphatic heterocycles. The minimum atomic E-state index is -5.04. The van der Waals surface area contributed by atoms with Crippen molar-refractivity contribution >= 4 is 34.9 Å². The number of urea groups is 1. The zero-order chi connectivity index (χ0) is 29.8. The van der Waals surface area contributed by atoms with E-state index in [1.807, 2.05) is 18.2 Å². The molecule has 3 aromatic carbocycles. The van der Waals surface area contributed by atoms with Crippen molar-refractivity contribution in [1.29, 1.82) is 0 Å². The topological polar surface area (TPSA) is 71.6 Å². The van der Waals surface area contributed by atoms with Gasteiger partial charge in [-0.3, -0.25) is 0 Å². The van der Waals surface area contributed by atoms with E-state index in [0.717, 1.165) is 11.1 Å². The van der Waals surface area contributed by atoms with Gasteiger partial charge in [0.2, 0.25) is 6.79 Å². The minimum Gasteiger partial charge on any atom is -0.454 e. The number of fused-ring (bicyclic) bond motifs is 1. The van der Waals surface area contributed by atoms with Crippen LogP contribution in [0.3, 0.4) is 0 Å². The number of nitrogens with one attached hydrogen (secondary N) is 3. The normalized spacial score (nSPS) is 13.7. The predicted molar refractivity (Wildman–Crippen MR) is 142 cm³/mol. The summed E-state index contributed by atoms with van der Waals surface area (Å²) in [5.41, 5.74) is -2.05. The molecule has 1 unspecified atom stereocenters. The van der Waals surface area contributed by atoms with Crippen molar-refractivity contribution < 1.29 is 40.6 Å². The quantitative estimate of drug-likeness (QED) is 0.168. The van der Waals surface area contributed by atoms with E-state index >= 15 is 0 Å². The van der Waals surface area contributed by atoms with Gasteiger partial charge in [-0.2, -0.15) is 26.3 Å². The molecule has 0 aromatic heterocycles. The molecule has 6 nitrogen and oxygen atoms in total. The molecule has 0 saturated heterocycles. The standard InChI is InChI=1S/C27H23Cl2F6N3O3/c28-21-3-2-16(8-22(21)29)17(5-6-36-12-15-1-4-23-24(7-15)41-14-40-23)13-37-25(39)38-20-10-18(26(30,31)32)9-19(11-20)27(33,34)35/h1-4,7-11,17,36H,5-6,12-14H2,(H2,37,38,39). The number of rotatable bonds is 9. The Balaban J connectivity index is 1.40. The average Bonchev–Trinajstić information content (AvgIpc) is 3.37. The first kappa shape index (κ1) is 30.6. The van der Waals surface area contributed by atoms with Crippen LogP contribution < -0.4 is 25.4 Å². The zero-order valence-corrected chi connectivity index (χ0v) is 22.6. The molecule has 0 fully saturated rings. The summed E-state index contributed by atoms with van der Waals surface area (Å²) in [6.45, 7) is 1.16. The van der Waals surface area contributed by atoms with Crippen molar-refractivity contribution in [2.45, 2.75) is 31.2 Å². The monoisotopic (exact) mass is 621 g/mol. The number of hydrogen-bond acceptors (Lipinski definition) is 4. The third-order valence-corrected chi connectivity index (χ3v) is 6.94. The van der Waals surface area contributed by atoms with Crippen LogP contribution >= 0.6 is 23.2 Å². The molecule has 4 rings (SSSR count). The number of amides is 2. The molecule has 0 bridgehead atoms. The lowest BCUT2D eigenvalue weighted by molar-refractivity contribution is -0.143. The maximum atomic E-state index is 13.2. The lowest BCUT2D eigenvalue weighted by Crippen LogP contribution is -2.33. The van der Waals surface area contributed by atoms with Crippen molar-refractivity contribution in [3.63, 3.8) is 0 Å². The van der Waals surface area contributed by atoms with Gasteiger partial charge in [-0.05, 0) is 66.6 Å². The van der Waals surface area contributed by atoms with Crippen molar-refractivity contribution in [2.24, 2.45) is 0 Å². The second-order valence-electron chi connectivity index (χ2n) is 9.15. The largest absolute Gasteiger partial charge is 0.454 e. The highest BCUT2D eigenvalue weighted by molar-refractivity contribution is 6.42. The molecule has 0 radical (unpaired) electrons. The summed E-state index contributed by atoms with van der Waals surface area (Å²) < 4.78 is 89.6. The minimum absolute atomic E-state index is 0.000583. The maximum absolute atomic E-state index is 13.2. The Labute approximate surface area is 240 Å². The van der Waals surface area contributed by atoms with Crippen molar-refractivity contribution in [1.82, 2.24) is 10.6 Å². The molecule has 0 spiro atoms. The first-order valence-electron chi connectivity index (χ1n) is 12.2. The second-order valence-corrected chi connectivity index (χ2v) is 9.97. The highest BCUT2D eigenvalue weighted by atomic mass is 35.5. The van der Waals surface area contributed by atoms with Crippen molar-refractivity contribution in [2.75, 3.05) is 25.2 Å². The number of hydrogen-bond donors (Lipinski definition) is 3. The Bertz CT molecular complexity index is 1370. The predicted octanol–water partition coefficient (Wildman–Crippen LogP) is 7.84. The van der Waals surface area contributed by atoms with Gasteiger partial charge in [-0.15, -0.1) is 0 Å². The highest BCUT2D eigenvalue weighted by Gasteiger charge is 2.37. The van der Waals surface area contributed by atoms with Crippen LogP contribution in [0.25, 0.3) is 0 Å². The van der Waals surface area contributed by atoms with E-state index in [4.69, 9.17) is 32.7 Å². The molecule has 220 valence electrons. The van der Waals surface area contributed by atoms with Gasteiger partial charge in [0.05, 0.1) is 21.2 Å². The first-order chi connectivity index (χ1) is 19.3. The molecule has 1 heterocycles. The number of carbonyl (C=O) groups is 1. The second kappa shape index (κ2) is 12.7. The Morgan fingerprint density at radius 1 is 0.854 bits per heavy atom. The molecule has 3 aromatic rings. The number of halogens is 8. The van der Waals surface area contributed by atoms with Crippen LogP contribution in [0.1, 0.15) is 34.6 Å². The van der Waals surface area contributed by atoms with Crippen molar-refractivity contribution in [3.8, 4) is 11.5 Å². The molecule has 3 N–H and O–H groups in total. The van der Waals surface area contributed by atoms with E-state index in [1.165, 1.54) is 0 Å². The molecule has 2 amide bonds. The van der Waals surface area contributed by atoms with E-state index in [0.29, 0.717) is 48.2 Å². The SMILES string of the molecule is O=C(NCC(CCNCc1ccc2c(c1)OCO2)c1ccc(Cl)c(Cl)c1)Nc1cc(C(F)(F)F)cc(C(F)(F)F)c1. The fourth-order valence-corrected chi connectivity index (χ4v) is 4.44. The number of carbonyl (C=O) groups excluding carboxylic acids is 1. The Hall–Kier alpha value is -3.35. The molecule has 1 aliphatic rings. The lowest BCUT2D eigenvalue weighted by Gasteiger charge is -2.20. The molecule has 0 saturated carbocycles. The third-order valence-electron chi connectivity index (χ3n) is 6.21. The van der Waals surface area contributed by atoms with E-state index in [9.17, 15) is 31.1 Å². The van der Waals surface area contributed by atoms with E-state index in [-0.39, 0.29) is 30.3 Å². The van der Waals surface area contributed by atoms with Crippen LogP contribution in [0.15, 0.2) is 54.6 Å². The van der Waals surface area contributed by atoms with Gasteiger partial charge in [0.15, 0.2) is 11.5 Å². The summed E-state index contributed by atoms with van der Waals surface area (Å²) >= 11 is 12.2. The van der Waals surface area contributed by atoms with Crippen LogP contribution in [-0.2, 0) is 18.9 Å². The molecular formula is C27H23Cl2F6N3O3. The first-order valence-corrected chi connectivity index (χ1v) is 12.9. The summed E-state index contributed by atoms with van der Waals surface area (Å²) in [5.74, 6) is 0.987. The van der Waals surface area contributed by atoms with E-state index < -0.39 is 35.2 Å². The van der Waals surface area contributed by atoms with Gasteiger partial charge in [-0.25, -0.2) is 4.79 Å². The molecular weight excluding hydrogens is 599 g/mol. The summed E-state index contributed by atoms with van der Waals surface area (Å²) in [4.78, 5) is 12.5. The summed E-state index contributed by atoms with van der Waals surface area (Å²) in [7, 11) is 0. The maximum Gasteiger partial charge on any atom is 0.416 e. The van der Waals surface area contributed by atoms with Gasteiger partial charge in [0.1, 0.15) is 0 Å². The van der Waals surface area contributed by atoms with Crippen LogP contribution in [0.2, 0.25) is 10.0 Å². The Kier molecular flexibility index (Phi) is 9.45. The highest BCUT2D eigenvalue weighted by Crippen LogP contribution is 2.38. The summed E-state index contributed by atoms with van der Waals surface area (Å²) in [5, 5.41) is 8.49. The van der Waals surface area contributed by atoms with Crippen LogP contribution in [-0.4, -0.2) is 25.9 Å². The van der Waals surface area contributed by atoms with E-state index in [2.05, 4.69) is 16.0 Å². The fourth-order valence-electron chi connectivity index (χ4n) is 4.13. The van der Waals surface area contributed by atoms with Gasteiger partial charge in [0, 0.05) is 24.7 Å². The summed E-state index contributed by atoms with van der Waals surface area (Å²) in [6.07, 6.45) is -9.59. The molecule has 1 atom stereocenters. The molecule has 14 heteroatoms. The zero-order valence-electron chi connectivity index (χ0n) is 21.1. The molecule has 0 aliphatic carbocycles. The van der Waals surface area contributed by atoms with Gasteiger partial charge >= 0.3 is 18.4 Å². The smallest absolute Gasteiger partial charge is 0.416 e. The van der Waals surface area contributed by atoms with Crippen molar-refractivity contribution in [3.05, 3.63) is 86.9 Å². The molecule has 41 heavy (non-hydrogen) atoms. The Morgan fingerprint density at radius 2 is 1.54 bits per heavy atom. The number of anilines is 1. The number of alkyl halides is 6. The fraction of sp³-hybridized carbons (Fsp3) is 0.296. The van der Waals surface area contributed by atoms with E-state index in [1.54, 1.807) is 18.2 Å². The summed E-state index contributed by atoms with van der Waals surface area (Å²) in [6, 6.07) is 10.4. The average molecular weight is 622 g/mol. The number of ether oxygens (including phenoxy) is 2. The number of benzene rings is 3. The Morgan fingerprint density at radius 3 is 2.20 bits per heavy atom. The van der Waals surface area contributed by atoms with Gasteiger partial charge < -0.3 is 25.4 Å². The third kappa shape index (κ3) is 8.34. The van der Waals surface area contributed by atoms with Crippen LogP contribution in [0.5, 0.6) is 11.5 Å². The lowest BCUT2D eigenvalue weighted by atomic mass is 9.95. The van der Waals surface area contributed by atoms with Gasteiger partial charge in [0.25, 0.3) is 0 Å². The van der Waals surface area contributed by atoms with Crippen LogP contribution in [0.4, 0.5) is 36.8 Å².